The highest BCUT2D eigenvalue weighted by molar-refractivity contribution is 5.81. The van der Waals surface area contributed by atoms with Gasteiger partial charge in [0.25, 0.3) is 5.69 Å². The Balaban J connectivity index is 2.33. The van der Waals surface area contributed by atoms with E-state index in [1.165, 1.54) is 13.2 Å². The molecule has 102 valence electrons. The molecule has 6 nitrogen and oxygen atoms in total. The molecule has 2 rings (SSSR count). The van der Waals surface area contributed by atoms with Crippen LogP contribution in [0.3, 0.4) is 0 Å². The van der Waals surface area contributed by atoms with Crippen molar-refractivity contribution >= 4 is 17.3 Å². The van der Waals surface area contributed by atoms with E-state index < -0.39 is 4.92 Å². The van der Waals surface area contributed by atoms with Crippen molar-refractivity contribution in [3.63, 3.8) is 0 Å². The Hall–Kier alpha value is -2.11. The molecule has 0 spiro atoms. The van der Waals surface area contributed by atoms with Gasteiger partial charge in [0.05, 0.1) is 12.0 Å². The molecule has 0 saturated carbocycles. The molecule has 19 heavy (non-hydrogen) atoms. The Morgan fingerprint density at radius 1 is 1.53 bits per heavy atom. The monoisotopic (exact) mass is 264 g/mol. The summed E-state index contributed by atoms with van der Waals surface area (Å²) in [4.78, 5) is 24.1. The number of nitrogens with zero attached hydrogens (tertiary/aromatic N) is 2. The number of aryl methyl sites for hydroxylation is 1. The van der Waals surface area contributed by atoms with E-state index in [9.17, 15) is 14.9 Å². The van der Waals surface area contributed by atoms with Crippen LogP contribution in [-0.2, 0) is 9.53 Å². The van der Waals surface area contributed by atoms with Gasteiger partial charge in [-0.25, -0.2) is 4.79 Å². The fourth-order valence-electron chi connectivity index (χ4n) is 2.43. The normalized spacial score (nSPS) is 18.4. The number of methoxy groups -OCH3 is 1. The van der Waals surface area contributed by atoms with Gasteiger partial charge in [0.1, 0.15) is 6.04 Å². The zero-order chi connectivity index (χ0) is 14.0. The lowest BCUT2D eigenvalue weighted by atomic mass is 10.1. The molecule has 1 aromatic rings. The van der Waals surface area contributed by atoms with Gasteiger partial charge in [0, 0.05) is 23.9 Å². The maximum absolute atomic E-state index is 11.7. The van der Waals surface area contributed by atoms with Crippen LogP contribution in [0.1, 0.15) is 18.4 Å². The topological polar surface area (TPSA) is 72.7 Å². The molecule has 1 unspecified atom stereocenters. The number of esters is 1. The minimum Gasteiger partial charge on any atom is -0.467 e. The molecule has 0 amide bonds. The van der Waals surface area contributed by atoms with Crippen LogP contribution in [0.25, 0.3) is 0 Å². The summed E-state index contributed by atoms with van der Waals surface area (Å²) < 4.78 is 4.77. The Kier molecular flexibility index (Phi) is 3.69. The van der Waals surface area contributed by atoms with Crippen LogP contribution >= 0.6 is 0 Å². The molecule has 0 N–H and O–H groups in total. The summed E-state index contributed by atoms with van der Waals surface area (Å²) in [5.74, 6) is -0.291. The number of hydrogen-bond acceptors (Lipinski definition) is 5. The predicted molar refractivity (Wildman–Crippen MR) is 70.2 cm³/mol. The molecule has 1 aliphatic heterocycles. The Morgan fingerprint density at radius 3 is 2.89 bits per heavy atom. The van der Waals surface area contributed by atoms with Gasteiger partial charge in [0.2, 0.25) is 0 Å². The van der Waals surface area contributed by atoms with Gasteiger partial charge in [-0.1, -0.05) is 6.07 Å². The van der Waals surface area contributed by atoms with Crippen LogP contribution in [0.15, 0.2) is 18.2 Å². The molecule has 0 aliphatic carbocycles. The Labute approximate surface area is 111 Å². The van der Waals surface area contributed by atoms with E-state index in [1.807, 2.05) is 11.0 Å². The molecule has 1 aromatic carbocycles. The lowest BCUT2D eigenvalue weighted by Crippen LogP contribution is -2.36. The molecule has 1 saturated heterocycles. The quantitative estimate of drug-likeness (QED) is 0.474. The molecule has 1 atom stereocenters. The summed E-state index contributed by atoms with van der Waals surface area (Å²) in [6.07, 6.45) is 1.59. The fraction of sp³-hybridized carbons (Fsp3) is 0.462. The van der Waals surface area contributed by atoms with Gasteiger partial charge >= 0.3 is 5.97 Å². The average Bonchev–Trinajstić information content (AvgIpc) is 2.87. The summed E-state index contributed by atoms with van der Waals surface area (Å²) in [7, 11) is 1.36. The van der Waals surface area contributed by atoms with Gasteiger partial charge in [-0.3, -0.25) is 10.1 Å². The number of benzene rings is 1. The number of hydrogen-bond donors (Lipinski definition) is 0. The van der Waals surface area contributed by atoms with Gasteiger partial charge < -0.3 is 9.64 Å². The van der Waals surface area contributed by atoms with Crippen LogP contribution < -0.4 is 4.90 Å². The smallest absolute Gasteiger partial charge is 0.328 e. The number of nitro groups is 1. The van der Waals surface area contributed by atoms with E-state index in [4.69, 9.17) is 4.74 Å². The third kappa shape index (κ3) is 2.52. The van der Waals surface area contributed by atoms with Crippen molar-refractivity contribution < 1.29 is 14.5 Å². The lowest BCUT2D eigenvalue weighted by molar-refractivity contribution is -0.385. The van der Waals surface area contributed by atoms with E-state index in [0.717, 1.165) is 6.42 Å². The summed E-state index contributed by atoms with van der Waals surface area (Å²) >= 11 is 0. The highest BCUT2D eigenvalue weighted by atomic mass is 16.6. The lowest BCUT2D eigenvalue weighted by Gasteiger charge is -2.24. The number of carbonyl (C=O) groups is 1. The van der Waals surface area contributed by atoms with Crippen molar-refractivity contribution in [3.8, 4) is 0 Å². The molecule has 0 bridgehead atoms. The molecule has 0 radical (unpaired) electrons. The SMILES string of the molecule is COC(=O)C1CCCN1c1ccc(C)c([N+](=O)[O-])c1. The van der Waals surface area contributed by atoms with Crippen LogP contribution in [0.4, 0.5) is 11.4 Å². The zero-order valence-electron chi connectivity index (χ0n) is 11.0. The molecule has 6 heteroatoms. The van der Waals surface area contributed by atoms with Crippen molar-refractivity contribution in [2.75, 3.05) is 18.6 Å². The maximum Gasteiger partial charge on any atom is 0.328 e. The average molecular weight is 264 g/mol. The third-order valence-corrected chi connectivity index (χ3v) is 3.45. The van der Waals surface area contributed by atoms with Gasteiger partial charge in [-0.15, -0.1) is 0 Å². The van der Waals surface area contributed by atoms with Gasteiger partial charge in [-0.05, 0) is 25.8 Å². The van der Waals surface area contributed by atoms with Crippen LogP contribution in [0.5, 0.6) is 0 Å². The van der Waals surface area contributed by atoms with E-state index in [-0.39, 0.29) is 17.7 Å². The Bertz CT molecular complexity index is 515. The van der Waals surface area contributed by atoms with Gasteiger partial charge in [-0.2, -0.15) is 0 Å². The maximum atomic E-state index is 11.7. The second kappa shape index (κ2) is 5.26. The molecule has 0 aromatic heterocycles. The summed E-state index contributed by atoms with van der Waals surface area (Å²) in [6.45, 7) is 2.41. The van der Waals surface area contributed by atoms with Crippen molar-refractivity contribution in [1.82, 2.24) is 0 Å². The molecular formula is C13H16N2O4. The fourth-order valence-corrected chi connectivity index (χ4v) is 2.43. The molecule has 1 aliphatic rings. The number of carbonyl (C=O) groups excluding carboxylic acids is 1. The number of rotatable bonds is 3. The summed E-state index contributed by atoms with van der Waals surface area (Å²) in [5.41, 5.74) is 1.39. The van der Waals surface area contributed by atoms with Crippen LogP contribution in [-0.4, -0.2) is 30.6 Å². The van der Waals surface area contributed by atoms with Crippen molar-refractivity contribution in [2.24, 2.45) is 0 Å². The first-order chi connectivity index (χ1) is 9.04. The second-order valence-electron chi connectivity index (χ2n) is 4.60. The van der Waals surface area contributed by atoms with E-state index in [1.54, 1.807) is 13.0 Å². The first-order valence-corrected chi connectivity index (χ1v) is 6.14. The van der Waals surface area contributed by atoms with E-state index in [0.29, 0.717) is 24.2 Å². The molecular weight excluding hydrogens is 248 g/mol. The van der Waals surface area contributed by atoms with E-state index in [2.05, 4.69) is 0 Å². The first-order valence-electron chi connectivity index (χ1n) is 6.14. The summed E-state index contributed by atoms with van der Waals surface area (Å²) in [6, 6.07) is 4.70. The minimum atomic E-state index is -0.401. The summed E-state index contributed by atoms with van der Waals surface area (Å²) in [5, 5.41) is 11.0. The van der Waals surface area contributed by atoms with Crippen molar-refractivity contribution in [2.45, 2.75) is 25.8 Å². The highest BCUT2D eigenvalue weighted by Gasteiger charge is 2.32. The van der Waals surface area contributed by atoms with Crippen molar-refractivity contribution in [3.05, 3.63) is 33.9 Å². The van der Waals surface area contributed by atoms with Crippen LogP contribution in [0.2, 0.25) is 0 Å². The number of nitro benzene ring substituents is 1. The first kappa shape index (κ1) is 13.3. The minimum absolute atomic E-state index is 0.0769. The predicted octanol–water partition coefficient (Wildman–Crippen LogP) is 2.05. The van der Waals surface area contributed by atoms with Crippen LogP contribution in [0, 0.1) is 17.0 Å². The highest BCUT2D eigenvalue weighted by Crippen LogP contribution is 2.30. The largest absolute Gasteiger partial charge is 0.467 e. The van der Waals surface area contributed by atoms with E-state index >= 15 is 0 Å². The molecule has 1 fully saturated rings. The second-order valence-corrected chi connectivity index (χ2v) is 4.60. The third-order valence-electron chi connectivity index (χ3n) is 3.45. The molecule has 1 heterocycles. The Morgan fingerprint density at radius 2 is 2.26 bits per heavy atom. The number of anilines is 1. The standard InChI is InChI=1S/C13H16N2O4/c1-9-5-6-10(8-12(9)15(17)18)14-7-3-4-11(14)13(16)19-2/h5-6,8,11H,3-4,7H2,1-2H3. The number of ether oxygens (including phenoxy) is 1. The zero-order valence-corrected chi connectivity index (χ0v) is 11.0. The van der Waals surface area contributed by atoms with Gasteiger partial charge in [0.15, 0.2) is 0 Å². The van der Waals surface area contributed by atoms with Crippen molar-refractivity contribution in [1.29, 1.82) is 0 Å².